The van der Waals surface area contributed by atoms with E-state index in [0.717, 1.165) is 11.0 Å². The van der Waals surface area contributed by atoms with Crippen molar-refractivity contribution in [3.8, 4) is 0 Å². The Hall–Kier alpha value is -2.76. The molecule has 2 aromatic carbocycles. The molecule has 0 aromatic heterocycles. The zero-order valence-electron chi connectivity index (χ0n) is 11.0. The van der Waals surface area contributed by atoms with Crippen LogP contribution in [0.5, 0.6) is 0 Å². The van der Waals surface area contributed by atoms with E-state index in [2.05, 4.69) is 0 Å². The normalized spacial score (nSPS) is 10.2. The molecule has 0 saturated carbocycles. The Bertz CT molecular complexity index is 699. The highest BCUT2D eigenvalue weighted by molar-refractivity contribution is 6.06. The second kappa shape index (κ2) is 5.70. The van der Waals surface area contributed by atoms with Gasteiger partial charge < -0.3 is 10.0 Å². The van der Waals surface area contributed by atoms with Gasteiger partial charge in [0.1, 0.15) is 0 Å². The summed E-state index contributed by atoms with van der Waals surface area (Å²) in [7, 11) is 1.39. The number of carboxylic acid groups (broad SMARTS) is 1. The van der Waals surface area contributed by atoms with Gasteiger partial charge in [-0.1, -0.05) is 6.07 Å². The van der Waals surface area contributed by atoms with Crippen molar-refractivity contribution < 1.29 is 23.5 Å². The molecule has 6 heteroatoms. The molecule has 0 bridgehead atoms. The SMILES string of the molecule is CN(C(=O)c1cccc(F)c1F)c1ccc(C(=O)O)cc1. The quantitative estimate of drug-likeness (QED) is 0.946. The summed E-state index contributed by atoms with van der Waals surface area (Å²) in [5, 5.41) is 8.80. The summed E-state index contributed by atoms with van der Waals surface area (Å²) < 4.78 is 26.7. The molecule has 0 radical (unpaired) electrons. The van der Waals surface area contributed by atoms with Crippen molar-refractivity contribution in [2.75, 3.05) is 11.9 Å². The number of amides is 1. The molecule has 108 valence electrons. The molecule has 0 aliphatic heterocycles. The number of aromatic carboxylic acids is 1. The fraction of sp³-hybridized carbons (Fsp3) is 0.0667. The van der Waals surface area contributed by atoms with E-state index in [4.69, 9.17) is 5.11 Å². The fourth-order valence-corrected chi connectivity index (χ4v) is 1.79. The van der Waals surface area contributed by atoms with Gasteiger partial charge >= 0.3 is 5.97 Å². The summed E-state index contributed by atoms with van der Waals surface area (Å²) in [6.07, 6.45) is 0. The van der Waals surface area contributed by atoms with Crippen molar-refractivity contribution >= 4 is 17.6 Å². The number of carbonyl (C=O) groups excluding carboxylic acids is 1. The van der Waals surface area contributed by atoms with Crippen LogP contribution in [0.1, 0.15) is 20.7 Å². The lowest BCUT2D eigenvalue weighted by atomic mass is 10.1. The molecule has 2 rings (SSSR count). The van der Waals surface area contributed by atoms with Crippen LogP contribution < -0.4 is 4.90 Å². The maximum atomic E-state index is 13.6. The number of rotatable bonds is 3. The predicted molar refractivity (Wildman–Crippen MR) is 72.5 cm³/mol. The van der Waals surface area contributed by atoms with Crippen molar-refractivity contribution in [2.24, 2.45) is 0 Å². The fourth-order valence-electron chi connectivity index (χ4n) is 1.79. The topological polar surface area (TPSA) is 57.6 Å². The summed E-state index contributed by atoms with van der Waals surface area (Å²) >= 11 is 0. The third-order valence-corrected chi connectivity index (χ3v) is 2.99. The molecule has 0 fully saturated rings. The average Bonchev–Trinajstić information content (AvgIpc) is 2.48. The van der Waals surface area contributed by atoms with Gasteiger partial charge in [0.15, 0.2) is 11.6 Å². The lowest BCUT2D eigenvalue weighted by Crippen LogP contribution is -2.27. The minimum Gasteiger partial charge on any atom is -0.478 e. The van der Waals surface area contributed by atoms with E-state index in [9.17, 15) is 18.4 Å². The summed E-state index contributed by atoms with van der Waals surface area (Å²) in [4.78, 5) is 24.0. The first-order chi connectivity index (χ1) is 9.91. The number of hydrogen-bond donors (Lipinski definition) is 1. The lowest BCUT2D eigenvalue weighted by molar-refractivity contribution is 0.0696. The van der Waals surface area contributed by atoms with Gasteiger partial charge in [-0.25, -0.2) is 13.6 Å². The summed E-state index contributed by atoms with van der Waals surface area (Å²) in [6.45, 7) is 0. The molecule has 0 aliphatic carbocycles. The highest BCUT2D eigenvalue weighted by atomic mass is 19.2. The Morgan fingerprint density at radius 1 is 1.05 bits per heavy atom. The van der Waals surface area contributed by atoms with Crippen LogP contribution in [-0.2, 0) is 0 Å². The van der Waals surface area contributed by atoms with E-state index in [0.29, 0.717) is 5.69 Å². The van der Waals surface area contributed by atoms with Crippen LogP contribution in [0.15, 0.2) is 42.5 Å². The summed E-state index contributed by atoms with van der Waals surface area (Å²) in [6, 6.07) is 8.83. The smallest absolute Gasteiger partial charge is 0.335 e. The molecular weight excluding hydrogens is 280 g/mol. The second-order valence-corrected chi connectivity index (χ2v) is 4.32. The van der Waals surface area contributed by atoms with Crippen molar-refractivity contribution in [2.45, 2.75) is 0 Å². The monoisotopic (exact) mass is 291 g/mol. The molecular formula is C15H11F2NO3. The molecule has 1 amide bonds. The van der Waals surface area contributed by atoms with Gasteiger partial charge in [-0.2, -0.15) is 0 Å². The Morgan fingerprint density at radius 3 is 2.24 bits per heavy atom. The van der Waals surface area contributed by atoms with Crippen LogP contribution in [0, 0.1) is 11.6 Å². The maximum absolute atomic E-state index is 13.6. The van der Waals surface area contributed by atoms with Gasteiger partial charge in [0.25, 0.3) is 5.91 Å². The van der Waals surface area contributed by atoms with Crippen LogP contribution in [0.3, 0.4) is 0 Å². The minimum absolute atomic E-state index is 0.0662. The number of halogens is 2. The standard InChI is InChI=1S/C15H11F2NO3/c1-18(10-7-5-9(6-8-10)15(20)21)14(19)11-3-2-4-12(16)13(11)17/h2-8H,1H3,(H,20,21). The van der Waals surface area contributed by atoms with Gasteiger partial charge in [-0.15, -0.1) is 0 Å². The Balaban J connectivity index is 2.30. The zero-order chi connectivity index (χ0) is 15.6. The molecule has 0 saturated heterocycles. The lowest BCUT2D eigenvalue weighted by Gasteiger charge is -2.18. The van der Waals surface area contributed by atoms with Crippen LogP contribution in [0.25, 0.3) is 0 Å². The van der Waals surface area contributed by atoms with Crippen LogP contribution in [0.2, 0.25) is 0 Å². The number of benzene rings is 2. The van der Waals surface area contributed by atoms with E-state index in [1.807, 2.05) is 0 Å². The second-order valence-electron chi connectivity index (χ2n) is 4.32. The first-order valence-corrected chi connectivity index (χ1v) is 5.97. The number of hydrogen-bond acceptors (Lipinski definition) is 2. The van der Waals surface area contributed by atoms with Crippen LogP contribution in [-0.4, -0.2) is 24.0 Å². The van der Waals surface area contributed by atoms with E-state index >= 15 is 0 Å². The van der Waals surface area contributed by atoms with Crippen LogP contribution in [0.4, 0.5) is 14.5 Å². The van der Waals surface area contributed by atoms with E-state index in [1.54, 1.807) is 0 Å². The van der Waals surface area contributed by atoms with Gasteiger partial charge in [0.05, 0.1) is 11.1 Å². The highest BCUT2D eigenvalue weighted by Crippen LogP contribution is 2.19. The molecule has 0 atom stereocenters. The first kappa shape index (κ1) is 14.6. The molecule has 0 aliphatic rings. The molecule has 4 nitrogen and oxygen atoms in total. The Labute approximate surface area is 119 Å². The number of nitrogens with zero attached hydrogens (tertiary/aromatic N) is 1. The molecule has 1 N–H and O–H groups in total. The van der Waals surface area contributed by atoms with E-state index < -0.39 is 23.5 Å². The molecule has 21 heavy (non-hydrogen) atoms. The van der Waals surface area contributed by atoms with Crippen molar-refractivity contribution in [3.05, 3.63) is 65.2 Å². The van der Waals surface area contributed by atoms with E-state index in [1.165, 1.54) is 43.4 Å². The Morgan fingerprint density at radius 2 is 1.67 bits per heavy atom. The molecule has 0 heterocycles. The molecule has 0 spiro atoms. The van der Waals surface area contributed by atoms with Crippen LogP contribution >= 0.6 is 0 Å². The summed E-state index contributed by atoms with van der Waals surface area (Å²) in [5.74, 6) is -4.13. The van der Waals surface area contributed by atoms with Gasteiger partial charge in [0.2, 0.25) is 0 Å². The van der Waals surface area contributed by atoms with Gasteiger partial charge in [-0.3, -0.25) is 4.79 Å². The third-order valence-electron chi connectivity index (χ3n) is 2.99. The highest BCUT2D eigenvalue weighted by Gasteiger charge is 2.19. The summed E-state index contributed by atoms with van der Waals surface area (Å²) in [5.41, 5.74) is 0.0463. The number of carbonyl (C=O) groups is 2. The molecule has 0 unspecified atom stereocenters. The number of carboxylic acids is 1. The minimum atomic E-state index is -1.21. The zero-order valence-corrected chi connectivity index (χ0v) is 11.0. The number of anilines is 1. The third kappa shape index (κ3) is 2.89. The van der Waals surface area contributed by atoms with Crippen molar-refractivity contribution in [1.82, 2.24) is 0 Å². The van der Waals surface area contributed by atoms with E-state index in [-0.39, 0.29) is 11.1 Å². The van der Waals surface area contributed by atoms with Crippen molar-refractivity contribution in [1.29, 1.82) is 0 Å². The van der Waals surface area contributed by atoms with Crippen molar-refractivity contribution in [3.63, 3.8) is 0 Å². The van der Waals surface area contributed by atoms with Gasteiger partial charge in [-0.05, 0) is 36.4 Å². The van der Waals surface area contributed by atoms with Gasteiger partial charge in [0, 0.05) is 12.7 Å². The maximum Gasteiger partial charge on any atom is 0.335 e. The Kier molecular flexibility index (Phi) is 3.98. The molecule has 2 aromatic rings. The first-order valence-electron chi connectivity index (χ1n) is 5.97. The average molecular weight is 291 g/mol. The largest absolute Gasteiger partial charge is 0.478 e. The predicted octanol–water partition coefficient (Wildman–Crippen LogP) is 2.94.